The van der Waals surface area contributed by atoms with Crippen LogP contribution >= 0.6 is 0 Å². The highest BCUT2D eigenvalue weighted by atomic mass is 16.2. The molecule has 1 saturated carbocycles. The van der Waals surface area contributed by atoms with Crippen LogP contribution in [0, 0.1) is 5.92 Å². The summed E-state index contributed by atoms with van der Waals surface area (Å²) in [4.78, 5) is 14.3. The zero-order chi connectivity index (χ0) is 12.8. The SMILES string of the molecule is CCCC[C@H](N)C(=O)N(CCC(C)C)C1CC1. The molecule has 1 rings (SSSR count). The Balaban J connectivity index is 2.42. The molecule has 0 radical (unpaired) electrons. The number of carbonyl (C=O) groups excluding carboxylic acids is 1. The van der Waals surface area contributed by atoms with E-state index in [0.29, 0.717) is 12.0 Å². The molecule has 17 heavy (non-hydrogen) atoms. The van der Waals surface area contributed by atoms with E-state index in [1.165, 1.54) is 12.8 Å². The fourth-order valence-corrected chi connectivity index (χ4v) is 2.02. The third-order valence-corrected chi connectivity index (χ3v) is 3.40. The first-order valence-electron chi connectivity index (χ1n) is 7.12. The van der Waals surface area contributed by atoms with Gasteiger partial charge in [0.25, 0.3) is 0 Å². The Morgan fingerprint density at radius 3 is 2.47 bits per heavy atom. The summed E-state index contributed by atoms with van der Waals surface area (Å²) in [5.74, 6) is 0.831. The summed E-state index contributed by atoms with van der Waals surface area (Å²) >= 11 is 0. The van der Waals surface area contributed by atoms with Crippen LogP contribution in [-0.2, 0) is 4.79 Å². The molecule has 0 aromatic carbocycles. The highest BCUT2D eigenvalue weighted by Gasteiger charge is 2.34. The van der Waals surface area contributed by atoms with E-state index in [4.69, 9.17) is 5.73 Å². The molecule has 0 unspecified atom stereocenters. The summed E-state index contributed by atoms with van der Waals surface area (Å²) < 4.78 is 0. The fraction of sp³-hybridized carbons (Fsp3) is 0.929. The van der Waals surface area contributed by atoms with Crippen LogP contribution in [0.1, 0.15) is 59.3 Å². The van der Waals surface area contributed by atoms with Crippen LogP contribution in [0.3, 0.4) is 0 Å². The molecular weight excluding hydrogens is 212 g/mol. The molecule has 1 fully saturated rings. The molecule has 2 N–H and O–H groups in total. The number of hydrogen-bond acceptors (Lipinski definition) is 2. The Kier molecular flexibility index (Phi) is 5.96. The van der Waals surface area contributed by atoms with Gasteiger partial charge in [-0.25, -0.2) is 0 Å². The van der Waals surface area contributed by atoms with Crippen molar-refractivity contribution < 1.29 is 4.79 Å². The van der Waals surface area contributed by atoms with Gasteiger partial charge in [-0.05, 0) is 31.6 Å². The minimum absolute atomic E-state index is 0.182. The average Bonchev–Trinajstić information content (AvgIpc) is 3.09. The largest absolute Gasteiger partial charge is 0.338 e. The van der Waals surface area contributed by atoms with Gasteiger partial charge in [0.1, 0.15) is 0 Å². The van der Waals surface area contributed by atoms with E-state index in [0.717, 1.165) is 32.2 Å². The van der Waals surface area contributed by atoms with E-state index in [2.05, 4.69) is 20.8 Å². The summed E-state index contributed by atoms with van der Waals surface area (Å²) in [5.41, 5.74) is 5.98. The van der Waals surface area contributed by atoms with Crippen LogP contribution in [0.4, 0.5) is 0 Å². The molecule has 1 atom stereocenters. The number of nitrogens with zero attached hydrogens (tertiary/aromatic N) is 1. The lowest BCUT2D eigenvalue weighted by Gasteiger charge is -2.26. The van der Waals surface area contributed by atoms with Crippen LogP contribution < -0.4 is 5.73 Å². The summed E-state index contributed by atoms with van der Waals surface area (Å²) in [7, 11) is 0. The van der Waals surface area contributed by atoms with E-state index in [-0.39, 0.29) is 11.9 Å². The van der Waals surface area contributed by atoms with Gasteiger partial charge in [0.05, 0.1) is 6.04 Å². The van der Waals surface area contributed by atoms with Crippen molar-refractivity contribution in [3.63, 3.8) is 0 Å². The van der Waals surface area contributed by atoms with Crippen LogP contribution in [0.5, 0.6) is 0 Å². The molecule has 0 aromatic heterocycles. The highest BCUT2D eigenvalue weighted by Crippen LogP contribution is 2.28. The minimum Gasteiger partial charge on any atom is -0.338 e. The first-order chi connectivity index (χ1) is 8.06. The molecule has 0 bridgehead atoms. The molecule has 1 aliphatic carbocycles. The molecule has 0 aromatic rings. The maximum atomic E-state index is 12.2. The summed E-state index contributed by atoms with van der Waals surface area (Å²) in [5, 5.41) is 0. The molecule has 3 heteroatoms. The number of hydrogen-bond donors (Lipinski definition) is 1. The van der Waals surface area contributed by atoms with Crippen LogP contribution in [-0.4, -0.2) is 29.4 Å². The van der Waals surface area contributed by atoms with Crippen LogP contribution in [0.2, 0.25) is 0 Å². The van der Waals surface area contributed by atoms with E-state index < -0.39 is 0 Å². The maximum Gasteiger partial charge on any atom is 0.239 e. The van der Waals surface area contributed by atoms with Crippen molar-refractivity contribution in [1.82, 2.24) is 4.90 Å². The smallest absolute Gasteiger partial charge is 0.239 e. The Labute approximate surface area is 106 Å². The molecule has 100 valence electrons. The van der Waals surface area contributed by atoms with Gasteiger partial charge in [-0.2, -0.15) is 0 Å². The van der Waals surface area contributed by atoms with Gasteiger partial charge in [0.2, 0.25) is 5.91 Å². The third kappa shape index (κ3) is 5.07. The highest BCUT2D eigenvalue weighted by molar-refractivity contribution is 5.82. The third-order valence-electron chi connectivity index (χ3n) is 3.40. The van der Waals surface area contributed by atoms with Crippen molar-refractivity contribution in [2.75, 3.05) is 6.54 Å². The Morgan fingerprint density at radius 2 is 2.00 bits per heavy atom. The summed E-state index contributed by atoms with van der Waals surface area (Å²) in [6.45, 7) is 7.43. The van der Waals surface area contributed by atoms with Crippen molar-refractivity contribution in [2.24, 2.45) is 11.7 Å². The fourth-order valence-electron chi connectivity index (χ4n) is 2.02. The first kappa shape index (κ1) is 14.5. The van der Waals surface area contributed by atoms with Gasteiger partial charge < -0.3 is 10.6 Å². The van der Waals surface area contributed by atoms with Crippen molar-refractivity contribution in [3.05, 3.63) is 0 Å². The minimum atomic E-state index is -0.275. The monoisotopic (exact) mass is 240 g/mol. The molecular formula is C14H28N2O. The predicted molar refractivity (Wildman–Crippen MR) is 71.7 cm³/mol. The van der Waals surface area contributed by atoms with Gasteiger partial charge in [0.15, 0.2) is 0 Å². The molecule has 0 spiro atoms. The zero-order valence-corrected chi connectivity index (χ0v) is 11.6. The zero-order valence-electron chi connectivity index (χ0n) is 11.6. The topological polar surface area (TPSA) is 46.3 Å². The Bertz CT molecular complexity index is 236. The van der Waals surface area contributed by atoms with E-state index in [9.17, 15) is 4.79 Å². The second-order valence-corrected chi connectivity index (χ2v) is 5.69. The predicted octanol–water partition coefficient (Wildman–Crippen LogP) is 2.54. The number of rotatable bonds is 8. The van der Waals surface area contributed by atoms with Gasteiger partial charge in [-0.15, -0.1) is 0 Å². The van der Waals surface area contributed by atoms with E-state index >= 15 is 0 Å². The van der Waals surface area contributed by atoms with Crippen molar-refractivity contribution in [3.8, 4) is 0 Å². The molecule has 0 saturated heterocycles. The lowest BCUT2D eigenvalue weighted by molar-refractivity contribution is -0.133. The van der Waals surface area contributed by atoms with E-state index in [1.807, 2.05) is 4.90 Å². The first-order valence-corrected chi connectivity index (χ1v) is 7.12. The number of unbranched alkanes of at least 4 members (excludes halogenated alkanes) is 1. The second kappa shape index (κ2) is 7.00. The summed E-state index contributed by atoms with van der Waals surface area (Å²) in [6.07, 6.45) is 6.42. The van der Waals surface area contributed by atoms with Crippen molar-refractivity contribution in [2.45, 2.75) is 71.4 Å². The Hall–Kier alpha value is -0.570. The normalized spacial score (nSPS) is 17.2. The number of nitrogens with two attached hydrogens (primary N) is 1. The molecule has 0 heterocycles. The van der Waals surface area contributed by atoms with Gasteiger partial charge in [-0.3, -0.25) is 4.79 Å². The van der Waals surface area contributed by atoms with Crippen LogP contribution in [0.15, 0.2) is 0 Å². The van der Waals surface area contributed by atoms with Crippen LogP contribution in [0.25, 0.3) is 0 Å². The van der Waals surface area contributed by atoms with Gasteiger partial charge >= 0.3 is 0 Å². The molecule has 1 aliphatic rings. The summed E-state index contributed by atoms with van der Waals surface area (Å²) in [6, 6.07) is 0.219. The number of carbonyl (C=O) groups is 1. The second-order valence-electron chi connectivity index (χ2n) is 5.69. The maximum absolute atomic E-state index is 12.2. The standard InChI is InChI=1S/C14H28N2O/c1-4-5-6-13(15)14(17)16(12-7-8-12)10-9-11(2)3/h11-13H,4-10,15H2,1-3H3/t13-/m0/s1. The average molecular weight is 240 g/mol. The lowest BCUT2D eigenvalue weighted by atomic mass is 10.1. The van der Waals surface area contributed by atoms with E-state index in [1.54, 1.807) is 0 Å². The Morgan fingerprint density at radius 1 is 1.35 bits per heavy atom. The van der Waals surface area contributed by atoms with Crippen molar-refractivity contribution in [1.29, 1.82) is 0 Å². The van der Waals surface area contributed by atoms with Gasteiger partial charge in [-0.1, -0.05) is 33.6 Å². The number of amides is 1. The molecule has 1 amide bonds. The molecule has 3 nitrogen and oxygen atoms in total. The quantitative estimate of drug-likeness (QED) is 0.708. The van der Waals surface area contributed by atoms with Gasteiger partial charge in [0, 0.05) is 12.6 Å². The lowest BCUT2D eigenvalue weighted by Crippen LogP contribution is -2.45. The molecule has 0 aliphatic heterocycles. The van der Waals surface area contributed by atoms with Crippen molar-refractivity contribution >= 4 is 5.91 Å².